The molecule has 1 aromatic carbocycles. The number of likely N-dealkylation sites (N-methyl/N-ethyl adjacent to an activating group) is 1. The van der Waals surface area contributed by atoms with Crippen molar-refractivity contribution in [2.75, 3.05) is 13.6 Å². The molecular weight excluding hydrogens is 220 g/mol. The lowest BCUT2D eigenvalue weighted by Crippen LogP contribution is -2.41. The minimum atomic E-state index is 0.399. The van der Waals surface area contributed by atoms with Crippen LogP contribution >= 0.6 is 11.6 Å². The van der Waals surface area contributed by atoms with Crippen LogP contribution in [-0.4, -0.2) is 24.5 Å². The number of rotatable bonds is 5. The van der Waals surface area contributed by atoms with Crippen molar-refractivity contribution in [3.63, 3.8) is 0 Å². The van der Waals surface area contributed by atoms with E-state index in [4.69, 9.17) is 17.3 Å². The number of hydrogen-bond acceptors (Lipinski definition) is 2. The summed E-state index contributed by atoms with van der Waals surface area (Å²) in [4.78, 5) is 2.27. The van der Waals surface area contributed by atoms with Gasteiger partial charge in [0.1, 0.15) is 0 Å². The van der Waals surface area contributed by atoms with Gasteiger partial charge in [0, 0.05) is 24.2 Å². The third kappa shape index (κ3) is 3.48. The van der Waals surface area contributed by atoms with Crippen LogP contribution in [0.2, 0.25) is 5.02 Å². The van der Waals surface area contributed by atoms with E-state index in [9.17, 15) is 0 Å². The summed E-state index contributed by atoms with van der Waals surface area (Å²) in [5.41, 5.74) is 6.95. The second-order valence-corrected chi connectivity index (χ2v) is 4.96. The van der Waals surface area contributed by atoms with Gasteiger partial charge in [-0.1, -0.05) is 43.6 Å². The largest absolute Gasteiger partial charge is 0.329 e. The van der Waals surface area contributed by atoms with E-state index in [0.717, 1.165) is 17.1 Å². The molecule has 90 valence electrons. The molecule has 0 aliphatic rings. The molecular formula is C13H21ClN2. The van der Waals surface area contributed by atoms with Gasteiger partial charge >= 0.3 is 0 Å². The molecule has 16 heavy (non-hydrogen) atoms. The van der Waals surface area contributed by atoms with E-state index in [-0.39, 0.29) is 0 Å². The Labute approximate surface area is 103 Å². The summed E-state index contributed by atoms with van der Waals surface area (Å²) in [6.07, 6.45) is 0. The van der Waals surface area contributed by atoms with E-state index in [1.807, 2.05) is 18.2 Å². The van der Waals surface area contributed by atoms with E-state index in [1.54, 1.807) is 0 Å². The molecule has 2 N–H and O–H groups in total. The molecule has 0 aliphatic heterocycles. The Morgan fingerprint density at radius 2 is 1.94 bits per heavy atom. The Morgan fingerprint density at radius 1 is 1.31 bits per heavy atom. The van der Waals surface area contributed by atoms with Crippen molar-refractivity contribution in [2.45, 2.75) is 26.4 Å². The van der Waals surface area contributed by atoms with Gasteiger partial charge in [-0.2, -0.15) is 0 Å². The number of nitrogens with two attached hydrogens (primary N) is 1. The zero-order valence-corrected chi connectivity index (χ0v) is 11.0. The zero-order valence-electron chi connectivity index (χ0n) is 10.3. The summed E-state index contributed by atoms with van der Waals surface area (Å²) >= 11 is 6.14. The Hall–Kier alpha value is -0.570. The summed E-state index contributed by atoms with van der Waals surface area (Å²) in [6.45, 7) is 5.92. The maximum absolute atomic E-state index is 6.14. The molecule has 0 aliphatic carbocycles. The fourth-order valence-electron chi connectivity index (χ4n) is 1.97. The fraction of sp³-hybridized carbons (Fsp3) is 0.538. The second kappa shape index (κ2) is 6.24. The molecule has 0 heterocycles. The molecule has 1 rings (SSSR count). The highest BCUT2D eigenvalue weighted by atomic mass is 35.5. The third-order valence-electron chi connectivity index (χ3n) is 2.95. The van der Waals surface area contributed by atoms with Gasteiger partial charge in [0.25, 0.3) is 0 Å². The Kier molecular flexibility index (Phi) is 5.26. The lowest BCUT2D eigenvalue weighted by molar-refractivity contribution is 0.190. The molecule has 0 fully saturated rings. The van der Waals surface area contributed by atoms with Gasteiger partial charge in [0.05, 0.1) is 0 Å². The van der Waals surface area contributed by atoms with E-state index < -0.39 is 0 Å². The number of hydrogen-bond donors (Lipinski definition) is 1. The van der Waals surface area contributed by atoms with Gasteiger partial charge in [-0.05, 0) is 24.6 Å². The van der Waals surface area contributed by atoms with E-state index >= 15 is 0 Å². The van der Waals surface area contributed by atoms with Crippen molar-refractivity contribution >= 4 is 11.6 Å². The highest BCUT2D eigenvalue weighted by Gasteiger charge is 2.17. The fourth-order valence-corrected chi connectivity index (χ4v) is 2.17. The molecule has 0 amide bonds. The van der Waals surface area contributed by atoms with Crippen molar-refractivity contribution in [1.82, 2.24) is 4.90 Å². The van der Waals surface area contributed by atoms with Gasteiger partial charge in [-0.25, -0.2) is 0 Å². The van der Waals surface area contributed by atoms with E-state index in [0.29, 0.717) is 18.5 Å². The highest BCUT2D eigenvalue weighted by Crippen LogP contribution is 2.18. The molecule has 1 aromatic rings. The van der Waals surface area contributed by atoms with Crippen molar-refractivity contribution in [3.8, 4) is 0 Å². The SMILES string of the molecule is CC(C)C(CN)N(C)Cc1ccccc1Cl. The van der Waals surface area contributed by atoms with Crippen molar-refractivity contribution < 1.29 is 0 Å². The quantitative estimate of drug-likeness (QED) is 0.858. The van der Waals surface area contributed by atoms with Gasteiger partial charge in [0.15, 0.2) is 0 Å². The lowest BCUT2D eigenvalue weighted by atomic mass is 10.0. The standard InChI is InChI=1S/C13H21ClN2/c1-10(2)13(8-15)16(3)9-11-6-4-5-7-12(11)14/h4-7,10,13H,8-9,15H2,1-3H3. The lowest BCUT2D eigenvalue weighted by Gasteiger charge is -2.30. The molecule has 2 nitrogen and oxygen atoms in total. The van der Waals surface area contributed by atoms with Crippen molar-refractivity contribution in [1.29, 1.82) is 0 Å². The Bertz CT molecular complexity index is 325. The monoisotopic (exact) mass is 240 g/mol. The van der Waals surface area contributed by atoms with Crippen LogP contribution in [0.3, 0.4) is 0 Å². The first-order valence-electron chi connectivity index (χ1n) is 5.70. The maximum atomic E-state index is 6.14. The summed E-state index contributed by atoms with van der Waals surface area (Å²) in [5.74, 6) is 0.553. The second-order valence-electron chi connectivity index (χ2n) is 4.55. The predicted molar refractivity (Wildman–Crippen MR) is 70.6 cm³/mol. The van der Waals surface area contributed by atoms with Crippen LogP contribution in [0, 0.1) is 5.92 Å². The van der Waals surface area contributed by atoms with Gasteiger partial charge in [0.2, 0.25) is 0 Å². The molecule has 1 atom stereocenters. The van der Waals surface area contributed by atoms with Gasteiger partial charge in [-0.15, -0.1) is 0 Å². The summed E-state index contributed by atoms with van der Waals surface area (Å²) in [7, 11) is 2.10. The molecule has 3 heteroatoms. The molecule has 0 spiro atoms. The minimum absolute atomic E-state index is 0.399. The molecule has 0 saturated heterocycles. The maximum Gasteiger partial charge on any atom is 0.0451 e. The van der Waals surface area contributed by atoms with E-state index in [1.165, 1.54) is 0 Å². The first-order valence-corrected chi connectivity index (χ1v) is 6.07. The van der Waals surface area contributed by atoms with Crippen molar-refractivity contribution in [3.05, 3.63) is 34.9 Å². The summed E-state index contributed by atoms with van der Waals surface area (Å²) in [5, 5.41) is 0.828. The Balaban J connectivity index is 2.70. The van der Waals surface area contributed by atoms with Crippen LogP contribution in [0.4, 0.5) is 0 Å². The number of nitrogens with zero attached hydrogens (tertiary/aromatic N) is 1. The van der Waals surface area contributed by atoms with Crippen LogP contribution in [0.25, 0.3) is 0 Å². The number of benzene rings is 1. The summed E-state index contributed by atoms with van der Waals surface area (Å²) < 4.78 is 0. The highest BCUT2D eigenvalue weighted by molar-refractivity contribution is 6.31. The third-order valence-corrected chi connectivity index (χ3v) is 3.32. The Morgan fingerprint density at radius 3 is 2.44 bits per heavy atom. The minimum Gasteiger partial charge on any atom is -0.329 e. The first-order chi connectivity index (χ1) is 7.56. The predicted octanol–water partition coefficient (Wildman–Crippen LogP) is 2.76. The molecule has 0 bridgehead atoms. The molecule has 0 radical (unpaired) electrons. The van der Waals surface area contributed by atoms with E-state index in [2.05, 4.69) is 31.9 Å². The zero-order chi connectivity index (χ0) is 12.1. The normalized spacial score (nSPS) is 13.4. The van der Waals surface area contributed by atoms with Crippen molar-refractivity contribution in [2.24, 2.45) is 11.7 Å². The molecule has 0 aromatic heterocycles. The van der Waals surface area contributed by atoms with Crippen LogP contribution in [0.5, 0.6) is 0 Å². The van der Waals surface area contributed by atoms with Gasteiger partial charge in [-0.3, -0.25) is 4.90 Å². The average Bonchev–Trinajstić information content (AvgIpc) is 2.22. The first kappa shape index (κ1) is 13.5. The summed E-state index contributed by atoms with van der Waals surface area (Å²) in [6, 6.07) is 8.36. The number of halogens is 1. The topological polar surface area (TPSA) is 29.3 Å². The van der Waals surface area contributed by atoms with Crippen LogP contribution in [-0.2, 0) is 6.54 Å². The van der Waals surface area contributed by atoms with Crippen LogP contribution in [0.1, 0.15) is 19.4 Å². The smallest absolute Gasteiger partial charge is 0.0451 e. The van der Waals surface area contributed by atoms with Gasteiger partial charge < -0.3 is 5.73 Å². The van der Waals surface area contributed by atoms with Crippen LogP contribution in [0.15, 0.2) is 24.3 Å². The van der Waals surface area contributed by atoms with Crippen LogP contribution < -0.4 is 5.73 Å². The average molecular weight is 241 g/mol. The molecule has 0 saturated carbocycles. The molecule has 1 unspecified atom stereocenters.